The molecule has 4 aromatic carbocycles. The molecule has 0 aromatic heterocycles. The largest absolute Gasteiger partial charge is 3.00 e. The van der Waals surface area contributed by atoms with Gasteiger partial charge in [0.15, 0.2) is 0 Å². The van der Waals surface area contributed by atoms with Gasteiger partial charge in [-0.05, 0) is 47.9 Å². The Hall–Kier alpha value is -2.68. The molecule has 0 fully saturated rings. The van der Waals surface area contributed by atoms with Gasteiger partial charge >= 0.3 is 26.2 Å². The van der Waals surface area contributed by atoms with Crippen LogP contribution < -0.4 is 9.47 Å². The Morgan fingerprint density at radius 2 is 0.811 bits per heavy atom. The number of aliphatic hydroxyl groups is 1. The Morgan fingerprint density at radius 1 is 0.568 bits per heavy atom. The Labute approximate surface area is 240 Å². The van der Waals surface area contributed by atoms with Crippen LogP contribution in [0.1, 0.15) is 58.4 Å². The van der Waals surface area contributed by atoms with Gasteiger partial charge in [0.05, 0.1) is 14.2 Å². The van der Waals surface area contributed by atoms with Gasteiger partial charge in [0.25, 0.3) is 0 Å². The molecule has 8 bridgehead atoms. The molecule has 3 nitrogen and oxygen atoms in total. The monoisotopic (exact) mass is 567 g/mol. The number of para-hydroxylation sites is 2. The number of aliphatic hydroxyl groups excluding tert-OH is 1. The molecule has 187 valence electrons. The van der Waals surface area contributed by atoms with Gasteiger partial charge in [-0.3, -0.25) is 0 Å². The molecule has 0 unspecified atom stereocenters. The molecule has 1 aliphatic rings. The van der Waals surface area contributed by atoms with Crippen molar-refractivity contribution in [2.75, 3.05) is 14.2 Å². The van der Waals surface area contributed by atoms with E-state index in [4.69, 9.17) is 14.6 Å². The van der Waals surface area contributed by atoms with E-state index in [1.54, 1.807) is 28.1 Å². The molecule has 4 aromatic rings. The second-order valence-corrected chi connectivity index (χ2v) is 9.28. The molecule has 0 saturated carbocycles. The summed E-state index contributed by atoms with van der Waals surface area (Å²) < 4.78 is 11.8. The summed E-state index contributed by atoms with van der Waals surface area (Å²) in [5.41, 5.74) is 9.37. The average Bonchev–Trinajstić information content (AvgIpc) is 2.84. The fraction of sp³-hybridized carbons (Fsp3) is 0.242. The minimum absolute atomic E-state index is 0. The van der Waals surface area contributed by atoms with Crippen LogP contribution in [0.4, 0.5) is 0 Å². The van der Waals surface area contributed by atoms with E-state index in [0.29, 0.717) is 6.10 Å². The summed E-state index contributed by atoms with van der Waals surface area (Å²) in [6, 6.07) is 32.9. The first-order chi connectivity index (χ1) is 17.5. The minimum Gasteiger partial charge on any atom is -0.563 e. The molecule has 1 aliphatic carbocycles. The standard InChI is InChI=1S/C30H26O2.C3H7O.Zr/c1-31-29-25-11-5-12-26(29)18-22-8-4-10-24(16-22)20-28-14-6-13-27(30(28)32-2)19-23-9-3-7-21(15-23)17-25;1-3(2)4;/h3-14H,17-20H2,1-2H3;4H,1-2H3;/q-2;-1;+3. The number of ether oxygens (including phenoxy) is 2. The van der Waals surface area contributed by atoms with Gasteiger partial charge in [-0.15, -0.1) is 0 Å². The molecular weight excluding hydrogens is 536 g/mol. The van der Waals surface area contributed by atoms with Crippen LogP contribution in [0.5, 0.6) is 11.5 Å². The van der Waals surface area contributed by atoms with Crippen molar-refractivity contribution >= 4 is 0 Å². The van der Waals surface area contributed by atoms with E-state index in [2.05, 4.69) is 84.9 Å². The fourth-order valence-electron chi connectivity index (χ4n) is 4.73. The zero-order valence-electron chi connectivity index (χ0n) is 22.0. The molecule has 1 radical (unpaired) electrons. The number of fused-ring (bicyclic) bond motifs is 8. The van der Waals surface area contributed by atoms with Crippen LogP contribution in [0.15, 0.2) is 72.8 Å². The number of methoxy groups -OCH3 is 2. The van der Waals surface area contributed by atoms with Crippen molar-refractivity contribution in [3.63, 3.8) is 0 Å². The average molecular weight is 569 g/mol. The van der Waals surface area contributed by atoms with Gasteiger partial charge in [0.1, 0.15) is 11.5 Å². The summed E-state index contributed by atoms with van der Waals surface area (Å²) in [6.45, 7) is 3.28. The van der Waals surface area contributed by atoms with E-state index >= 15 is 0 Å². The summed E-state index contributed by atoms with van der Waals surface area (Å²) in [4.78, 5) is 0. The van der Waals surface area contributed by atoms with Crippen molar-refractivity contribution in [1.82, 2.24) is 0 Å². The molecule has 0 amide bonds. The predicted molar refractivity (Wildman–Crippen MR) is 144 cm³/mol. The van der Waals surface area contributed by atoms with Crippen LogP contribution in [0.25, 0.3) is 0 Å². The van der Waals surface area contributed by atoms with Crippen LogP contribution in [-0.2, 0) is 51.9 Å². The zero-order chi connectivity index (χ0) is 25.5. The smallest absolute Gasteiger partial charge is 0.563 e. The third-order valence-electron chi connectivity index (χ3n) is 6.12. The van der Waals surface area contributed by atoms with Crippen molar-refractivity contribution in [2.24, 2.45) is 0 Å². The first-order valence-electron chi connectivity index (χ1n) is 12.3. The van der Waals surface area contributed by atoms with Gasteiger partial charge in [-0.25, -0.2) is 6.10 Å². The molecule has 4 heteroatoms. The Bertz CT molecular complexity index is 1130. The maximum absolute atomic E-state index is 7.97. The summed E-state index contributed by atoms with van der Waals surface area (Å²) in [7, 11) is 3.53. The third-order valence-corrected chi connectivity index (χ3v) is 6.12. The second-order valence-electron chi connectivity index (χ2n) is 9.28. The normalized spacial score (nSPS) is 12.1. The van der Waals surface area contributed by atoms with E-state index in [0.717, 1.165) is 59.4 Å². The van der Waals surface area contributed by atoms with Crippen molar-refractivity contribution < 1.29 is 40.8 Å². The van der Waals surface area contributed by atoms with Crippen molar-refractivity contribution in [2.45, 2.75) is 39.5 Å². The number of hydrogen-bond acceptors (Lipinski definition) is 3. The third kappa shape index (κ3) is 7.66. The van der Waals surface area contributed by atoms with Gasteiger partial charge in [-0.2, -0.15) is 84.6 Å². The van der Waals surface area contributed by atoms with Gasteiger partial charge in [-0.1, -0.05) is 36.4 Å². The van der Waals surface area contributed by atoms with E-state index in [1.165, 1.54) is 22.3 Å². The van der Waals surface area contributed by atoms with Crippen molar-refractivity contribution in [1.29, 1.82) is 0 Å². The summed E-state index contributed by atoms with van der Waals surface area (Å²) in [6.07, 6.45) is 3.55. The zero-order valence-corrected chi connectivity index (χ0v) is 24.5. The van der Waals surface area contributed by atoms with Crippen LogP contribution in [0, 0.1) is 18.2 Å². The van der Waals surface area contributed by atoms with Gasteiger partial charge < -0.3 is 14.6 Å². The van der Waals surface area contributed by atoms with Crippen LogP contribution in [0.3, 0.4) is 0 Å². The predicted octanol–water partition coefficient (Wildman–Crippen LogP) is 6.91. The van der Waals surface area contributed by atoms with E-state index in [-0.39, 0.29) is 26.2 Å². The maximum Gasteiger partial charge on any atom is 3.00 e. The van der Waals surface area contributed by atoms with E-state index < -0.39 is 0 Å². The van der Waals surface area contributed by atoms with Crippen LogP contribution in [0.2, 0.25) is 0 Å². The molecule has 0 aliphatic heterocycles. The molecule has 5 rings (SSSR count). The van der Waals surface area contributed by atoms with Crippen LogP contribution in [-0.4, -0.2) is 19.3 Å². The summed E-state index contributed by atoms with van der Waals surface area (Å²) in [5, 5.41) is 7.97. The number of benzene rings is 4. The first kappa shape index (κ1) is 28.9. The Kier molecular flexibility index (Phi) is 10.7. The minimum atomic E-state index is 0. The molecule has 0 heterocycles. The maximum atomic E-state index is 7.97. The van der Waals surface area contributed by atoms with Crippen molar-refractivity contribution in [3.8, 4) is 11.5 Å². The molecule has 1 N–H and O–H groups in total. The van der Waals surface area contributed by atoms with Gasteiger partial charge in [0, 0.05) is 0 Å². The van der Waals surface area contributed by atoms with Crippen molar-refractivity contribution in [3.05, 3.63) is 136 Å². The molecule has 37 heavy (non-hydrogen) atoms. The number of rotatable bonds is 2. The summed E-state index contributed by atoms with van der Waals surface area (Å²) in [5.74, 6) is 1.92. The molecule has 0 saturated heterocycles. The van der Waals surface area contributed by atoms with E-state index in [1.807, 2.05) is 0 Å². The molecule has 0 spiro atoms. The Morgan fingerprint density at radius 3 is 1.05 bits per heavy atom. The first-order valence-corrected chi connectivity index (χ1v) is 12.3. The quantitative estimate of drug-likeness (QED) is 0.235. The fourth-order valence-corrected chi connectivity index (χ4v) is 4.73. The topological polar surface area (TPSA) is 38.7 Å². The van der Waals surface area contributed by atoms with Gasteiger partial charge in [0.2, 0.25) is 0 Å². The summed E-state index contributed by atoms with van der Waals surface area (Å²) >= 11 is 0. The van der Waals surface area contributed by atoms with Crippen LogP contribution >= 0.6 is 0 Å². The number of hydrogen-bond donors (Lipinski definition) is 1. The Balaban J connectivity index is 0.000000711. The van der Waals surface area contributed by atoms with E-state index in [9.17, 15) is 0 Å². The molecular formula is C33H33O3Zr. The molecule has 0 atom stereocenters. The SMILES string of the molecule is COc1c2cccc1Cc1[c-]c(ccc1)Cc1cccc(c1OC)Cc1[c-]c(ccc1)C2.C[C-](C)O.[Zr+3]. The second kappa shape index (κ2) is 13.7.